The van der Waals surface area contributed by atoms with Gasteiger partial charge in [0.15, 0.2) is 0 Å². The third-order valence-electron chi connectivity index (χ3n) is 18.3. The molecule has 0 saturated heterocycles. The maximum atomic E-state index is 2.35. The number of aryl methyl sites for hydroxylation is 4. The van der Waals surface area contributed by atoms with Crippen LogP contribution >= 0.6 is 0 Å². The molecule has 0 unspecified atom stereocenters. The van der Waals surface area contributed by atoms with Gasteiger partial charge in [0, 0.05) is 0 Å². The van der Waals surface area contributed by atoms with E-state index in [9.17, 15) is 0 Å². The first-order valence-electron chi connectivity index (χ1n) is 33.7. The van der Waals surface area contributed by atoms with E-state index in [4.69, 9.17) is 0 Å². The minimum Gasteiger partial charge on any atom is -1.00 e. The van der Waals surface area contributed by atoms with Gasteiger partial charge in [-0.15, -0.1) is 138 Å². The van der Waals surface area contributed by atoms with Crippen molar-refractivity contribution in [3.8, 4) is 44.5 Å². The Kier molecular flexibility index (Phi) is 24.8. The molecule has 0 aliphatic carbocycles. The Hall–Kier alpha value is -8.66. The first-order valence-corrected chi connectivity index (χ1v) is 45.1. The van der Waals surface area contributed by atoms with Crippen LogP contribution < -0.4 is 35.2 Å². The first kappa shape index (κ1) is 72.6. The van der Waals surface area contributed by atoms with E-state index in [1.54, 1.807) is 57.0 Å². The summed E-state index contributed by atoms with van der Waals surface area (Å²) in [4.78, 5) is 0. The summed E-state index contributed by atoms with van der Waals surface area (Å²) in [6.07, 6.45) is 0. The second-order valence-corrected chi connectivity index (χ2v) is 40.2. The van der Waals surface area contributed by atoms with Gasteiger partial charge in [-0.05, 0) is 65.3 Å². The monoisotopic (exact) mass is 1510 g/mol. The Morgan fingerprint density at radius 2 is 0.390 bits per heavy atom. The Morgan fingerprint density at radius 1 is 0.210 bits per heavy atom. The minimum atomic E-state index is -0.122. The summed E-state index contributed by atoms with van der Waals surface area (Å²) in [6, 6.07) is 126. The van der Waals surface area contributed by atoms with Crippen molar-refractivity contribution in [1.82, 2.24) is 0 Å². The van der Waals surface area contributed by atoms with Crippen LogP contribution in [0.5, 0.6) is 0 Å². The number of rotatable bonds is 6. The zero-order valence-corrected chi connectivity index (χ0v) is 65.7. The largest absolute Gasteiger partial charge is 1.00 e. The predicted octanol–water partition coefficient (Wildman–Crippen LogP) is 18.9. The van der Waals surface area contributed by atoms with Crippen LogP contribution in [0, 0.1) is 27.7 Å². The fourth-order valence-electron chi connectivity index (χ4n) is 13.7. The van der Waals surface area contributed by atoms with Gasteiger partial charge in [-0.3, -0.25) is 0 Å². The molecule has 18 aromatic rings. The molecule has 0 bridgehead atoms. The van der Waals surface area contributed by atoms with E-state index in [1.165, 1.54) is 153 Å². The number of hydrogen-bond donors (Lipinski definition) is 0. The molecule has 18 aromatic carbocycles. The summed E-state index contributed by atoms with van der Waals surface area (Å²) in [5.41, 5.74) is 15.6. The molecule has 6 heteroatoms. The Morgan fingerprint density at radius 3 is 0.600 bits per heavy atom. The van der Waals surface area contributed by atoms with E-state index in [0.717, 1.165) is 0 Å². The van der Waals surface area contributed by atoms with Crippen molar-refractivity contribution in [2.75, 3.05) is 0 Å². The Bertz CT molecular complexity index is 5140. The van der Waals surface area contributed by atoms with Crippen molar-refractivity contribution in [3.05, 3.63) is 374 Å². The quantitative estimate of drug-likeness (QED) is 0.115. The smallest absolute Gasteiger partial charge is 0.0114 e. The molecule has 0 aromatic heterocycles. The molecule has 484 valence electrons. The van der Waals surface area contributed by atoms with Crippen molar-refractivity contribution >= 4 is 107 Å². The molecule has 0 atom stereocenters. The normalized spacial score (nSPS) is 10.7. The van der Waals surface area contributed by atoms with Crippen molar-refractivity contribution in [2.45, 2.75) is 40.8 Å². The zero-order chi connectivity index (χ0) is 67.5. The molecule has 0 amide bonds. The zero-order valence-electron chi connectivity index (χ0n) is 57.2. The fraction of sp³-hybridized carbons (Fsp3) is 0.0638. The maximum Gasteiger partial charge on any atom is -0.0114 e. The summed E-state index contributed by atoms with van der Waals surface area (Å²) in [5.74, 6) is 0. The summed E-state index contributed by atoms with van der Waals surface area (Å²) >= 11 is 3.38. The molecule has 100 heavy (non-hydrogen) atoms. The van der Waals surface area contributed by atoms with E-state index in [0.29, 0.717) is 0 Å². The van der Waals surface area contributed by atoms with Gasteiger partial charge in [-0.2, -0.15) is 24.3 Å². The van der Waals surface area contributed by atoms with Gasteiger partial charge in [-0.25, -0.2) is 0 Å². The molecule has 0 radical (unpaired) electrons. The van der Waals surface area contributed by atoms with Crippen molar-refractivity contribution in [2.24, 2.45) is 0 Å². The van der Waals surface area contributed by atoms with Crippen LogP contribution in [0.25, 0.3) is 131 Å². The van der Waals surface area contributed by atoms with Crippen LogP contribution in [0.4, 0.5) is 0 Å². The molecular weight excluding hydrogens is 1440 g/mol. The maximum absolute atomic E-state index is 2.35. The summed E-state index contributed by atoms with van der Waals surface area (Å²) < 4.78 is 0. The fourth-order valence-corrected chi connectivity index (χ4v) is 17.5. The molecule has 0 nitrogen and oxygen atoms in total. The Labute approximate surface area is 632 Å². The topological polar surface area (TPSA) is 0 Å². The molecule has 0 saturated carbocycles. The first-order chi connectivity index (χ1) is 47.9. The van der Waals surface area contributed by atoms with Crippen LogP contribution in [-0.2, 0) is 46.7 Å². The van der Waals surface area contributed by atoms with E-state index < -0.39 is 0 Å². The molecule has 0 spiro atoms. The average Bonchev–Trinajstić information content (AvgIpc) is 1.41. The number of hydrogen-bond acceptors (Lipinski definition) is 0. The van der Waals surface area contributed by atoms with E-state index in [1.807, 2.05) is 0 Å². The van der Waals surface area contributed by atoms with E-state index >= 15 is 0 Å². The van der Waals surface area contributed by atoms with Gasteiger partial charge < -0.3 is 24.8 Å². The average molecular weight is 1520 g/mol. The third kappa shape index (κ3) is 16.9. The van der Waals surface area contributed by atoms with Crippen LogP contribution in [0.2, 0.25) is 13.1 Å². The molecule has 0 fully saturated rings. The predicted molar refractivity (Wildman–Crippen MR) is 424 cm³/mol. The van der Waals surface area contributed by atoms with Gasteiger partial charge in [-0.1, -0.05) is 244 Å². The third-order valence-corrected chi connectivity index (χ3v) is 25.0. The van der Waals surface area contributed by atoms with Crippen LogP contribution in [0.15, 0.2) is 352 Å². The van der Waals surface area contributed by atoms with Gasteiger partial charge in [0.1, 0.15) is 0 Å². The van der Waals surface area contributed by atoms with Gasteiger partial charge in [0.05, 0.1) is 0 Å². The van der Waals surface area contributed by atoms with Crippen LogP contribution in [-0.4, -0.2) is 10.9 Å². The molecule has 0 aliphatic heterocycles. The SMILES string of the molecule is C[Si](=[Zr+2])c1ccccc1.C[Si](=[Zr+2])c1ccccc1.Cc1cc2c(-c3cccc4ccccc34)cccc2[cH-]1.Cc1cc2c(-c3cccc4ccccc34)cccc2[cH-]1.Cc1cc2c(-c3cccc4ccccc34)cccc2[cH-]1.Cc1cc2c(-c3cccc4ccccc34)cccc2[cH-]1.[Cl-].[Cl-]. The molecular formula is C94H76Cl2Si2Zr2-2. The second-order valence-electron chi connectivity index (χ2n) is 25.5. The minimum absolute atomic E-state index is 0. The standard InChI is InChI=1S/4C20H15.2C7H8Si.2ClH.2Zr/c4*1-14-12-16-8-5-11-19(20(16)13-14)18-10-4-7-15-6-2-3-9-17(15)18;2*1-8-7-5-3-2-4-6-7;;;;/h4*2-13H,1H3;2*2-6H,1H3;2*1H;;/q4*-1;;;;;2*+2/p-2. The summed E-state index contributed by atoms with van der Waals surface area (Å²) in [5, 5.41) is 24.3. The van der Waals surface area contributed by atoms with Crippen molar-refractivity contribution in [3.63, 3.8) is 0 Å². The number of fused-ring (bicyclic) bond motifs is 8. The second kappa shape index (κ2) is 34.1. The van der Waals surface area contributed by atoms with E-state index in [-0.39, 0.29) is 35.7 Å². The molecule has 0 heterocycles. The molecule has 0 N–H and O–H groups in total. The van der Waals surface area contributed by atoms with Crippen molar-refractivity contribution < 1.29 is 71.5 Å². The van der Waals surface area contributed by atoms with Crippen LogP contribution in [0.1, 0.15) is 22.3 Å². The number of halogens is 2. The van der Waals surface area contributed by atoms with E-state index in [2.05, 4.69) is 393 Å². The summed E-state index contributed by atoms with van der Waals surface area (Å²) in [6.45, 7) is 13.3. The van der Waals surface area contributed by atoms with Gasteiger partial charge >= 0.3 is 142 Å². The van der Waals surface area contributed by atoms with Crippen molar-refractivity contribution in [1.29, 1.82) is 0 Å². The number of benzene rings is 14. The van der Waals surface area contributed by atoms with Gasteiger partial charge in [0.2, 0.25) is 0 Å². The van der Waals surface area contributed by atoms with Gasteiger partial charge in [0.25, 0.3) is 0 Å². The van der Waals surface area contributed by atoms with Crippen LogP contribution in [0.3, 0.4) is 0 Å². The molecule has 0 aliphatic rings. The molecule has 18 rings (SSSR count). The summed E-state index contributed by atoms with van der Waals surface area (Å²) in [7, 11) is 0. The Balaban J connectivity index is 0.000000124.